The van der Waals surface area contributed by atoms with Gasteiger partial charge in [0.05, 0.1) is 19.1 Å². The van der Waals surface area contributed by atoms with Crippen molar-refractivity contribution in [1.29, 1.82) is 0 Å². The standard InChI is InChI=1S/C16H20N4O3/c1-23-10-12-5-3-7-19(12)16(22)13-9-20-11(8-14(17)21)4-2-6-15(20)18-13/h2,4,6,9,12H,3,5,7-8,10H2,1H3,(H2,17,21)/t12-/m0/s1. The number of pyridine rings is 1. The minimum absolute atomic E-state index is 0.0988. The van der Waals surface area contributed by atoms with E-state index in [1.165, 1.54) is 0 Å². The fourth-order valence-corrected chi connectivity index (χ4v) is 3.11. The molecule has 122 valence electrons. The molecule has 3 rings (SSSR count). The van der Waals surface area contributed by atoms with E-state index in [1.807, 2.05) is 4.90 Å². The number of hydrogen-bond donors (Lipinski definition) is 1. The van der Waals surface area contributed by atoms with E-state index in [2.05, 4.69) is 4.98 Å². The lowest BCUT2D eigenvalue weighted by Crippen LogP contribution is -2.38. The molecule has 1 aliphatic rings. The smallest absolute Gasteiger partial charge is 0.274 e. The molecule has 2 aromatic rings. The van der Waals surface area contributed by atoms with Gasteiger partial charge in [0.1, 0.15) is 11.3 Å². The quantitative estimate of drug-likeness (QED) is 0.875. The molecular formula is C16H20N4O3. The summed E-state index contributed by atoms with van der Waals surface area (Å²) in [6, 6.07) is 5.51. The van der Waals surface area contributed by atoms with Gasteiger partial charge in [-0.3, -0.25) is 9.59 Å². The van der Waals surface area contributed by atoms with Crippen molar-refractivity contribution in [2.45, 2.75) is 25.3 Å². The van der Waals surface area contributed by atoms with Crippen LogP contribution in [0.4, 0.5) is 0 Å². The largest absolute Gasteiger partial charge is 0.383 e. The molecule has 0 spiro atoms. The van der Waals surface area contributed by atoms with Crippen LogP contribution in [0, 0.1) is 0 Å². The average Bonchev–Trinajstić information content (AvgIpc) is 3.13. The second-order valence-corrected chi connectivity index (χ2v) is 5.76. The molecule has 23 heavy (non-hydrogen) atoms. The van der Waals surface area contributed by atoms with Crippen molar-refractivity contribution in [3.63, 3.8) is 0 Å². The lowest BCUT2D eigenvalue weighted by Gasteiger charge is -2.23. The number of methoxy groups -OCH3 is 1. The van der Waals surface area contributed by atoms with Crippen molar-refractivity contribution >= 4 is 17.5 Å². The first-order valence-electron chi connectivity index (χ1n) is 7.65. The van der Waals surface area contributed by atoms with Crippen molar-refractivity contribution in [3.05, 3.63) is 35.8 Å². The normalized spacial score (nSPS) is 17.8. The Morgan fingerprint density at radius 3 is 3.00 bits per heavy atom. The number of rotatable bonds is 5. The van der Waals surface area contributed by atoms with Crippen LogP contribution in [0.25, 0.3) is 5.65 Å². The Balaban J connectivity index is 1.91. The van der Waals surface area contributed by atoms with Gasteiger partial charge in [-0.05, 0) is 25.0 Å². The molecule has 2 aromatic heterocycles. The Hall–Kier alpha value is -2.41. The summed E-state index contributed by atoms with van der Waals surface area (Å²) >= 11 is 0. The monoisotopic (exact) mass is 316 g/mol. The summed E-state index contributed by atoms with van der Waals surface area (Å²) in [7, 11) is 1.64. The zero-order chi connectivity index (χ0) is 16.4. The maximum atomic E-state index is 12.7. The topological polar surface area (TPSA) is 89.9 Å². The number of amides is 2. The molecule has 7 nitrogen and oxygen atoms in total. The first kappa shape index (κ1) is 15.5. The fourth-order valence-electron chi connectivity index (χ4n) is 3.11. The Morgan fingerprint density at radius 2 is 2.26 bits per heavy atom. The highest BCUT2D eigenvalue weighted by molar-refractivity contribution is 5.93. The Labute approximate surface area is 134 Å². The SMILES string of the molecule is COC[C@@H]1CCCN1C(=O)c1cn2c(CC(N)=O)cccc2n1. The third kappa shape index (κ3) is 3.05. The van der Waals surface area contributed by atoms with Gasteiger partial charge < -0.3 is 19.8 Å². The summed E-state index contributed by atoms with van der Waals surface area (Å²) in [5, 5.41) is 0. The molecule has 0 aromatic carbocycles. The van der Waals surface area contributed by atoms with Gasteiger partial charge in [0.2, 0.25) is 5.91 Å². The number of nitrogens with zero attached hydrogens (tertiary/aromatic N) is 3. The van der Waals surface area contributed by atoms with Gasteiger partial charge >= 0.3 is 0 Å². The minimum Gasteiger partial charge on any atom is -0.383 e. The second-order valence-electron chi connectivity index (χ2n) is 5.76. The number of aromatic nitrogens is 2. The zero-order valence-corrected chi connectivity index (χ0v) is 13.1. The van der Waals surface area contributed by atoms with Gasteiger partial charge in [-0.25, -0.2) is 4.98 Å². The predicted molar refractivity (Wildman–Crippen MR) is 84.0 cm³/mol. The maximum absolute atomic E-state index is 12.7. The summed E-state index contributed by atoms with van der Waals surface area (Å²) < 4.78 is 6.94. The lowest BCUT2D eigenvalue weighted by atomic mass is 10.2. The van der Waals surface area contributed by atoms with E-state index in [9.17, 15) is 9.59 Å². The predicted octanol–water partition coefficient (Wildman–Crippen LogP) is 0.613. The summed E-state index contributed by atoms with van der Waals surface area (Å²) in [6.45, 7) is 1.25. The number of fused-ring (bicyclic) bond motifs is 1. The van der Waals surface area contributed by atoms with Crippen molar-refractivity contribution < 1.29 is 14.3 Å². The van der Waals surface area contributed by atoms with Gasteiger partial charge in [-0.1, -0.05) is 6.07 Å². The number of imidazole rings is 1. The van der Waals surface area contributed by atoms with Crippen LogP contribution in [0.2, 0.25) is 0 Å². The van der Waals surface area contributed by atoms with Gasteiger partial charge in [0.15, 0.2) is 0 Å². The second kappa shape index (κ2) is 6.37. The average molecular weight is 316 g/mol. The van der Waals surface area contributed by atoms with Gasteiger partial charge in [-0.15, -0.1) is 0 Å². The first-order chi connectivity index (χ1) is 11.1. The first-order valence-corrected chi connectivity index (χ1v) is 7.65. The highest BCUT2D eigenvalue weighted by Gasteiger charge is 2.30. The van der Waals surface area contributed by atoms with Crippen LogP contribution in [0.3, 0.4) is 0 Å². The molecule has 1 aliphatic heterocycles. The van der Waals surface area contributed by atoms with E-state index in [0.29, 0.717) is 17.9 Å². The lowest BCUT2D eigenvalue weighted by molar-refractivity contribution is -0.117. The van der Waals surface area contributed by atoms with E-state index < -0.39 is 5.91 Å². The van der Waals surface area contributed by atoms with Crippen molar-refractivity contribution in [2.24, 2.45) is 5.73 Å². The van der Waals surface area contributed by atoms with Crippen LogP contribution < -0.4 is 5.73 Å². The number of carbonyl (C=O) groups is 2. The molecule has 7 heteroatoms. The molecule has 3 heterocycles. The molecule has 0 radical (unpaired) electrons. The Bertz CT molecular complexity index is 740. The van der Waals surface area contributed by atoms with E-state index in [1.54, 1.807) is 35.9 Å². The van der Waals surface area contributed by atoms with E-state index in [4.69, 9.17) is 10.5 Å². The van der Waals surface area contributed by atoms with Crippen LogP contribution in [0.15, 0.2) is 24.4 Å². The van der Waals surface area contributed by atoms with Crippen LogP contribution >= 0.6 is 0 Å². The van der Waals surface area contributed by atoms with Crippen LogP contribution in [-0.2, 0) is 16.0 Å². The molecule has 0 aliphatic carbocycles. The van der Waals surface area contributed by atoms with Crippen molar-refractivity contribution in [2.75, 3.05) is 20.3 Å². The maximum Gasteiger partial charge on any atom is 0.274 e. The highest BCUT2D eigenvalue weighted by atomic mass is 16.5. The zero-order valence-electron chi connectivity index (χ0n) is 13.1. The summed E-state index contributed by atoms with van der Waals surface area (Å²) in [5.41, 5.74) is 7.00. The molecule has 0 saturated carbocycles. The number of primary amides is 1. The number of carbonyl (C=O) groups excluding carboxylic acids is 2. The van der Waals surface area contributed by atoms with Crippen LogP contribution in [0.1, 0.15) is 29.0 Å². The molecule has 1 atom stereocenters. The number of hydrogen-bond acceptors (Lipinski definition) is 4. The van der Waals surface area contributed by atoms with Gasteiger partial charge in [0.25, 0.3) is 5.91 Å². The minimum atomic E-state index is -0.418. The molecule has 2 amide bonds. The molecule has 1 saturated heterocycles. The van der Waals surface area contributed by atoms with Crippen LogP contribution in [-0.4, -0.2) is 52.4 Å². The highest BCUT2D eigenvalue weighted by Crippen LogP contribution is 2.21. The Kier molecular flexibility index (Phi) is 4.29. The third-order valence-electron chi connectivity index (χ3n) is 4.15. The van der Waals surface area contributed by atoms with Crippen LogP contribution in [0.5, 0.6) is 0 Å². The molecule has 2 N–H and O–H groups in total. The van der Waals surface area contributed by atoms with E-state index in [0.717, 1.165) is 25.1 Å². The van der Waals surface area contributed by atoms with Crippen molar-refractivity contribution in [3.8, 4) is 0 Å². The number of ether oxygens (including phenoxy) is 1. The molecular weight excluding hydrogens is 296 g/mol. The van der Waals surface area contributed by atoms with Gasteiger partial charge in [0, 0.05) is 25.5 Å². The summed E-state index contributed by atoms with van der Waals surface area (Å²) in [4.78, 5) is 30.1. The van der Waals surface area contributed by atoms with Gasteiger partial charge in [-0.2, -0.15) is 0 Å². The van der Waals surface area contributed by atoms with E-state index >= 15 is 0 Å². The molecule has 0 unspecified atom stereocenters. The van der Waals surface area contributed by atoms with E-state index in [-0.39, 0.29) is 18.4 Å². The fraction of sp³-hybridized carbons (Fsp3) is 0.438. The Morgan fingerprint density at radius 1 is 1.43 bits per heavy atom. The third-order valence-corrected chi connectivity index (χ3v) is 4.15. The number of likely N-dealkylation sites (tertiary alicyclic amines) is 1. The molecule has 0 bridgehead atoms. The number of nitrogens with two attached hydrogens (primary N) is 1. The summed E-state index contributed by atoms with van der Waals surface area (Å²) in [5.74, 6) is -0.517. The van der Waals surface area contributed by atoms with Crippen molar-refractivity contribution in [1.82, 2.24) is 14.3 Å². The molecule has 1 fully saturated rings. The summed E-state index contributed by atoms with van der Waals surface area (Å²) in [6.07, 6.45) is 3.70.